The van der Waals surface area contributed by atoms with Crippen LogP contribution in [0.5, 0.6) is 0 Å². The number of anilines is 1. The van der Waals surface area contributed by atoms with E-state index in [1.165, 1.54) is 11.3 Å². The molecule has 8 heteroatoms. The van der Waals surface area contributed by atoms with Crippen LogP contribution in [0.4, 0.5) is 5.82 Å². The average molecular weight is 338 g/mol. The fraction of sp³-hybridized carbons (Fsp3) is 0.357. The van der Waals surface area contributed by atoms with Crippen molar-refractivity contribution in [3.05, 3.63) is 39.4 Å². The van der Waals surface area contributed by atoms with Crippen molar-refractivity contribution in [2.75, 3.05) is 31.1 Å². The molecule has 2 aromatic heterocycles. The van der Waals surface area contributed by atoms with Crippen molar-refractivity contribution in [3.8, 4) is 0 Å². The zero-order chi connectivity index (χ0) is 15.5. The van der Waals surface area contributed by atoms with E-state index in [0.29, 0.717) is 30.4 Å². The summed E-state index contributed by atoms with van der Waals surface area (Å²) >= 11 is 7.27. The topological polar surface area (TPSA) is 75.3 Å². The molecule has 1 aliphatic rings. The summed E-state index contributed by atoms with van der Waals surface area (Å²) in [5, 5.41) is 3.18. The molecule has 1 aliphatic heterocycles. The molecule has 0 radical (unpaired) electrons. The summed E-state index contributed by atoms with van der Waals surface area (Å²) in [4.78, 5) is 24.9. The SMILES string of the molecule is NCc1nc(C(=O)N2CCN(c3ccc(Cl)cn3)CC2)cs1. The highest BCUT2D eigenvalue weighted by Gasteiger charge is 2.24. The number of pyridine rings is 1. The molecule has 0 atom stereocenters. The molecule has 1 saturated heterocycles. The van der Waals surface area contributed by atoms with Crippen LogP contribution in [-0.4, -0.2) is 47.0 Å². The van der Waals surface area contributed by atoms with Crippen molar-refractivity contribution < 1.29 is 4.79 Å². The molecule has 6 nitrogen and oxygen atoms in total. The van der Waals surface area contributed by atoms with Crippen molar-refractivity contribution in [1.29, 1.82) is 0 Å². The molecule has 0 unspecified atom stereocenters. The summed E-state index contributed by atoms with van der Waals surface area (Å²) in [5.74, 6) is 0.857. The molecule has 0 aliphatic carbocycles. The van der Waals surface area contributed by atoms with Gasteiger partial charge in [-0.05, 0) is 12.1 Å². The Labute approximate surface area is 137 Å². The summed E-state index contributed by atoms with van der Waals surface area (Å²) in [5.41, 5.74) is 6.02. The Hall–Kier alpha value is -1.70. The molecule has 0 aromatic carbocycles. The van der Waals surface area contributed by atoms with Crippen LogP contribution in [0.2, 0.25) is 5.02 Å². The third kappa shape index (κ3) is 3.21. The highest BCUT2D eigenvalue weighted by molar-refractivity contribution is 7.09. The molecule has 0 spiro atoms. The maximum atomic E-state index is 12.4. The van der Waals surface area contributed by atoms with Gasteiger partial charge in [0.1, 0.15) is 16.5 Å². The van der Waals surface area contributed by atoms with Crippen molar-refractivity contribution in [3.63, 3.8) is 0 Å². The van der Waals surface area contributed by atoms with E-state index in [1.54, 1.807) is 11.6 Å². The fourth-order valence-corrected chi connectivity index (χ4v) is 3.12. The van der Waals surface area contributed by atoms with Gasteiger partial charge in [0.25, 0.3) is 5.91 Å². The normalized spacial score (nSPS) is 15.2. The molecule has 2 aromatic rings. The van der Waals surface area contributed by atoms with Gasteiger partial charge in [0.2, 0.25) is 0 Å². The van der Waals surface area contributed by atoms with E-state index in [-0.39, 0.29) is 5.91 Å². The summed E-state index contributed by atoms with van der Waals surface area (Å²) < 4.78 is 0. The minimum absolute atomic E-state index is 0.0281. The van der Waals surface area contributed by atoms with Crippen molar-refractivity contribution in [2.45, 2.75) is 6.54 Å². The number of nitrogens with two attached hydrogens (primary N) is 1. The quantitative estimate of drug-likeness (QED) is 0.921. The minimum atomic E-state index is -0.0281. The van der Waals surface area contributed by atoms with Crippen molar-refractivity contribution >= 4 is 34.7 Å². The van der Waals surface area contributed by atoms with E-state index in [2.05, 4.69) is 14.9 Å². The van der Waals surface area contributed by atoms with Gasteiger partial charge in [0.15, 0.2) is 0 Å². The number of nitrogens with zero attached hydrogens (tertiary/aromatic N) is 4. The lowest BCUT2D eigenvalue weighted by molar-refractivity contribution is 0.0741. The number of rotatable bonds is 3. The van der Waals surface area contributed by atoms with Crippen LogP contribution in [0.25, 0.3) is 0 Å². The van der Waals surface area contributed by atoms with Gasteiger partial charge in [-0.3, -0.25) is 4.79 Å². The monoisotopic (exact) mass is 337 g/mol. The van der Waals surface area contributed by atoms with Crippen molar-refractivity contribution in [1.82, 2.24) is 14.9 Å². The molecule has 1 fully saturated rings. The Kier molecular flexibility index (Phi) is 4.56. The Balaban J connectivity index is 1.61. The number of aromatic nitrogens is 2. The van der Waals surface area contributed by atoms with Crippen LogP contribution in [0, 0.1) is 0 Å². The molecule has 0 saturated carbocycles. The zero-order valence-electron chi connectivity index (χ0n) is 11.9. The van der Waals surface area contributed by atoms with E-state index >= 15 is 0 Å². The minimum Gasteiger partial charge on any atom is -0.353 e. The lowest BCUT2D eigenvalue weighted by atomic mass is 10.3. The Morgan fingerprint density at radius 2 is 2.09 bits per heavy atom. The van der Waals surface area contributed by atoms with Gasteiger partial charge in [0, 0.05) is 44.3 Å². The molecule has 3 rings (SSSR count). The third-order valence-corrected chi connectivity index (χ3v) is 4.64. The predicted molar refractivity (Wildman–Crippen MR) is 87.4 cm³/mol. The van der Waals surface area contributed by atoms with Gasteiger partial charge in [-0.15, -0.1) is 11.3 Å². The number of hydrogen-bond donors (Lipinski definition) is 1. The molecule has 22 heavy (non-hydrogen) atoms. The van der Waals surface area contributed by atoms with E-state index < -0.39 is 0 Å². The molecule has 116 valence electrons. The molecule has 3 heterocycles. The summed E-state index contributed by atoms with van der Waals surface area (Å²) in [7, 11) is 0. The first-order valence-electron chi connectivity index (χ1n) is 6.97. The van der Waals surface area contributed by atoms with Gasteiger partial charge in [0.05, 0.1) is 5.02 Å². The van der Waals surface area contributed by atoms with Crippen LogP contribution in [-0.2, 0) is 6.54 Å². The predicted octanol–water partition coefficient (Wildman–Crippen LogP) is 1.61. The van der Waals surface area contributed by atoms with Gasteiger partial charge < -0.3 is 15.5 Å². The molecular weight excluding hydrogens is 322 g/mol. The van der Waals surface area contributed by atoms with Gasteiger partial charge >= 0.3 is 0 Å². The van der Waals surface area contributed by atoms with Crippen LogP contribution in [0.3, 0.4) is 0 Å². The van der Waals surface area contributed by atoms with Gasteiger partial charge in [-0.25, -0.2) is 9.97 Å². The highest BCUT2D eigenvalue weighted by Crippen LogP contribution is 2.18. The molecule has 2 N–H and O–H groups in total. The Morgan fingerprint density at radius 1 is 1.32 bits per heavy atom. The zero-order valence-corrected chi connectivity index (χ0v) is 13.5. The second kappa shape index (κ2) is 6.60. The number of thiazole rings is 1. The number of piperazine rings is 1. The lowest BCUT2D eigenvalue weighted by Gasteiger charge is -2.35. The number of amides is 1. The summed E-state index contributed by atoms with van der Waals surface area (Å²) in [6.45, 7) is 3.16. The van der Waals surface area contributed by atoms with Gasteiger partial charge in [-0.1, -0.05) is 11.6 Å². The Morgan fingerprint density at radius 3 is 2.68 bits per heavy atom. The van der Waals surface area contributed by atoms with Crippen LogP contribution in [0.1, 0.15) is 15.5 Å². The third-order valence-electron chi connectivity index (χ3n) is 3.55. The number of carbonyl (C=O) groups excluding carboxylic acids is 1. The average Bonchev–Trinajstić information content (AvgIpc) is 3.04. The smallest absolute Gasteiger partial charge is 0.273 e. The van der Waals surface area contributed by atoms with E-state index in [0.717, 1.165) is 23.9 Å². The first-order chi connectivity index (χ1) is 10.7. The highest BCUT2D eigenvalue weighted by atomic mass is 35.5. The first-order valence-corrected chi connectivity index (χ1v) is 8.23. The number of halogens is 1. The van der Waals surface area contributed by atoms with Crippen molar-refractivity contribution in [2.24, 2.45) is 5.73 Å². The summed E-state index contributed by atoms with van der Waals surface area (Å²) in [6, 6.07) is 3.72. The maximum Gasteiger partial charge on any atom is 0.273 e. The van der Waals surface area contributed by atoms with E-state index in [9.17, 15) is 4.79 Å². The van der Waals surface area contributed by atoms with E-state index in [4.69, 9.17) is 17.3 Å². The molecule has 0 bridgehead atoms. The Bertz CT molecular complexity index is 652. The molecule has 1 amide bonds. The summed E-state index contributed by atoms with van der Waals surface area (Å²) in [6.07, 6.45) is 1.64. The van der Waals surface area contributed by atoms with Crippen LogP contribution >= 0.6 is 22.9 Å². The van der Waals surface area contributed by atoms with Gasteiger partial charge in [-0.2, -0.15) is 0 Å². The van der Waals surface area contributed by atoms with Crippen LogP contribution in [0.15, 0.2) is 23.7 Å². The second-order valence-corrected chi connectivity index (χ2v) is 6.32. The van der Waals surface area contributed by atoms with E-state index in [1.807, 2.05) is 17.0 Å². The standard InChI is InChI=1S/C14H16ClN5OS/c15-10-1-2-12(17-8-10)19-3-5-20(6-4-19)14(21)11-9-22-13(7-16)18-11/h1-2,8-9H,3-7,16H2. The fourth-order valence-electron chi connectivity index (χ4n) is 2.36. The maximum absolute atomic E-state index is 12.4. The second-order valence-electron chi connectivity index (χ2n) is 4.94. The lowest BCUT2D eigenvalue weighted by Crippen LogP contribution is -2.49. The number of hydrogen-bond acceptors (Lipinski definition) is 6. The number of carbonyl (C=O) groups is 1. The first kappa shape index (κ1) is 15.2. The van der Waals surface area contributed by atoms with Crippen LogP contribution < -0.4 is 10.6 Å². The molecular formula is C14H16ClN5OS. The largest absolute Gasteiger partial charge is 0.353 e.